The van der Waals surface area contributed by atoms with Gasteiger partial charge in [0.05, 0.1) is 17.5 Å². The molecule has 2 atom stereocenters. The van der Waals surface area contributed by atoms with E-state index in [2.05, 4.69) is 0 Å². The summed E-state index contributed by atoms with van der Waals surface area (Å²) in [6, 6.07) is 13.5. The second-order valence-corrected chi connectivity index (χ2v) is 7.30. The van der Waals surface area contributed by atoms with Gasteiger partial charge in [0, 0.05) is 16.1 Å². The van der Waals surface area contributed by atoms with Gasteiger partial charge in [-0.1, -0.05) is 54.8 Å². The number of halogens is 1. The van der Waals surface area contributed by atoms with Gasteiger partial charge in [0.15, 0.2) is 5.78 Å². The van der Waals surface area contributed by atoms with Gasteiger partial charge < -0.3 is 0 Å². The third-order valence-corrected chi connectivity index (χ3v) is 5.56. The van der Waals surface area contributed by atoms with E-state index in [-0.39, 0.29) is 35.0 Å². The van der Waals surface area contributed by atoms with Crippen LogP contribution in [0.3, 0.4) is 0 Å². The molecule has 1 saturated heterocycles. The second-order valence-electron chi connectivity index (χ2n) is 6.87. The van der Waals surface area contributed by atoms with Gasteiger partial charge in [0.1, 0.15) is 0 Å². The van der Waals surface area contributed by atoms with Crippen LogP contribution in [0.2, 0.25) is 5.02 Å². The van der Waals surface area contributed by atoms with Crippen LogP contribution in [0.4, 0.5) is 5.69 Å². The summed E-state index contributed by atoms with van der Waals surface area (Å²) < 4.78 is 0. The van der Waals surface area contributed by atoms with Gasteiger partial charge in [-0.25, -0.2) is 4.90 Å². The Kier molecular flexibility index (Phi) is 4.37. The van der Waals surface area contributed by atoms with Crippen LogP contribution in [0, 0.1) is 11.8 Å². The van der Waals surface area contributed by atoms with Gasteiger partial charge in [-0.05, 0) is 31.0 Å². The SMILES string of the molecule is O=C(c1ccccc1)c1cc(Cl)ccc1N1C(=O)[C@@H]2CCCC[C@H]2C1=O. The summed E-state index contributed by atoms with van der Waals surface area (Å²) in [6.07, 6.45) is 3.40. The molecule has 0 spiro atoms. The molecule has 0 N–H and O–H groups in total. The number of ketones is 1. The lowest BCUT2D eigenvalue weighted by molar-refractivity contribution is -0.122. The molecule has 2 aliphatic rings. The van der Waals surface area contributed by atoms with Crippen molar-refractivity contribution in [3.63, 3.8) is 0 Å². The molecule has 1 aliphatic heterocycles. The van der Waals surface area contributed by atoms with E-state index < -0.39 is 0 Å². The molecule has 0 radical (unpaired) electrons. The van der Waals surface area contributed by atoms with Crippen LogP contribution in [-0.2, 0) is 9.59 Å². The summed E-state index contributed by atoms with van der Waals surface area (Å²) in [5.74, 6) is -1.15. The molecule has 132 valence electrons. The van der Waals surface area contributed by atoms with E-state index in [0.717, 1.165) is 25.7 Å². The maximum Gasteiger partial charge on any atom is 0.237 e. The number of carbonyl (C=O) groups excluding carboxylic acids is 3. The lowest BCUT2D eigenvalue weighted by atomic mass is 9.81. The number of carbonyl (C=O) groups is 3. The zero-order valence-corrected chi connectivity index (χ0v) is 14.9. The predicted octanol–water partition coefficient (Wildman–Crippen LogP) is 4.25. The topological polar surface area (TPSA) is 54.5 Å². The van der Waals surface area contributed by atoms with Crippen molar-refractivity contribution in [1.29, 1.82) is 0 Å². The quantitative estimate of drug-likeness (QED) is 0.602. The first-order valence-corrected chi connectivity index (χ1v) is 9.23. The van der Waals surface area contributed by atoms with Crippen molar-refractivity contribution in [3.05, 3.63) is 64.7 Å². The van der Waals surface area contributed by atoms with Crippen LogP contribution < -0.4 is 4.90 Å². The normalized spacial score (nSPS) is 22.4. The van der Waals surface area contributed by atoms with Crippen molar-refractivity contribution in [2.75, 3.05) is 4.90 Å². The Morgan fingerprint density at radius 2 is 1.54 bits per heavy atom. The third-order valence-electron chi connectivity index (χ3n) is 5.32. The first-order chi connectivity index (χ1) is 12.6. The molecule has 4 nitrogen and oxygen atoms in total. The van der Waals surface area contributed by atoms with Gasteiger partial charge in [-0.3, -0.25) is 14.4 Å². The Labute approximate surface area is 156 Å². The molecular weight excluding hydrogens is 350 g/mol. The molecule has 0 unspecified atom stereocenters. The molecule has 4 rings (SSSR count). The molecule has 1 heterocycles. The predicted molar refractivity (Wildman–Crippen MR) is 99.3 cm³/mol. The highest BCUT2D eigenvalue weighted by Crippen LogP contribution is 2.41. The van der Waals surface area contributed by atoms with E-state index in [9.17, 15) is 14.4 Å². The van der Waals surface area contributed by atoms with E-state index in [4.69, 9.17) is 11.6 Å². The summed E-state index contributed by atoms with van der Waals surface area (Å²) in [5, 5.41) is 0.393. The Balaban J connectivity index is 1.79. The number of hydrogen-bond donors (Lipinski definition) is 0. The zero-order chi connectivity index (χ0) is 18.3. The molecule has 0 aromatic heterocycles. The average Bonchev–Trinajstić information content (AvgIpc) is 2.93. The molecule has 1 aliphatic carbocycles. The number of hydrogen-bond acceptors (Lipinski definition) is 3. The van der Waals surface area contributed by atoms with Crippen LogP contribution in [0.1, 0.15) is 41.6 Å². The fourth-order valence-corrected chi connectivity index (χ4v) is 4.20. The van der Waals surface area contributed by atoms with Crippen molar-refractivity contribution in [2.45, 2.75) is 25.7 Å². The van der Waals surface area contributed by atoms with Gasteiger partial charge in [-0.15, -0.1) is 0 Å². The molecule has 2 aromatic carbocycles. The summed E-state index contributed by atoms with van der Waals surface area (Å²) in [6.45, 7) is 0. The van der Waals surface area contributed by atoms with Gasteiger partial charge >= 0.3 is 0 Å². The van der Waals surface area contributed by atoms with E-state index in [1.165, 1.54) is 11.0 Å². The monoisotopic (exact) mass is 367 g/mol. The van der Waals surface area contributed by atoms with E-state index in [1.807, 2.05) is 6.07 Å². The summed E-state index contributed by atoms with van der Waals surface area (Å²) >= 11 is 6.11. The molecule has 2 aromatic rings. The minimum Gasteiger partial charge on any atom is -0.289 e. The Hall–Kier alpha value is -2.46. The van der Waals surface area contributed by atoms with Crippen molar-refractivity contribution in [2.24, 2.45) is 11.8 Å². The first-order valence-electron chi connectivity index (χ1n) is 8.85. The lowest BCUT2D eigenvalue weighted by Gasteiger charge is -2.19. The smallest absolute Gasteiger partial charge is 0.237 e. The summed E-state index contributed by atoms with van der Waals surface area (Å²) in [5.41, 5.74) is 1.12. The van der Waals surface area contributed by atoms with E-state index in [0.29, 0.717) is 16.3 Å². The Bertz CT molecular complexity index is 869. The number of anilines is 1. The van der Waals surface area contributed by atoms with Gasteiger partial charge in [0.2, 0.25) is 11.8 Å². The van der Waals surface area contributed by atoms with E-state index in [1.54, 1.807) is 36.4 Å². The number of imide groups is 1. The molecule has 1 saturated carbocycles. The largest absolute Gasteiger partial charge is 0.289 e. The highest BCUT2D eigenvalue weighted by atomic mass is 35.5. The standard InChI is InChI=1S/C21H18ClNO3/c22-14-10-11-18(17(12-14)19(24)13-6-2-1-3-7-13)23-20(25)15-8-4-5-9-16(15)21(23)26/h1-3,6-7,10-12,15-16H,4-5,8-9H2/t15-,16-/m1/s1. The minimum absolute atomic E-state index is 0.191. The van der Waals surface area contributed by atoms with Gasteiger partial charge in [-0.2, -0.15) is 0 Å². The maximum atomic E-state index is 13.0. The van der Waals surface area contributed by atoms with Crippen molar-refractivity contribution >= 4 is 34.9 Å². The zero-order valence-electron chi connectivity index (χ0n) is 14.2. The number of rotatable bonds is 3. The molecule has 2 amide bonds. The fraction of sp³-hybridized carbons (Fsp3) is 0.286. The molecule has 26 heavy (non-hydrogen) atoms. The molecular formula is C21H18ClNO3. The molecule has 5 heteroatoms. The minimum atomic E-state index is -0.258. The number of nitrogens with zero attached hydrogens (tertiary/aromatic N) is 1. The number of fused-ring (bicyclic) bond motifs is 1. The maximum absolute atomic E-state index is 13.0. The summed E-state index contributed by atoms with van der Waals surface area (Å²) in [4.78, 5) is 40.0. The van der Waals surface area contributed by atoms with Crippen LogP contribution in [0.15, 0.2) is 48.5 Å². The number of benzene rings is 2. The second kappa shape index (κ2) is 6.69. The van der Waals surface area contributed by atoms with Crippen LogP contribution in [-0.4, -0.2) is 17.6 Å². The fourth-order valence-electron chi connectivity index (χ4n) is 4.03. The van der Waals surface area contributed by atoms with Crippen LogP contribution in [0.25, 0.3) is 0 Å². The van der Waals surface area contributed by atoms with E-state index >= 15 is 0 Å². The Morgan fingerprint density at radius 3 is 2.15 bits per heavy atom. The van der Waals surface area contributed by atoms with Crippen LogP contribution in [0.5, 0.6) is 0 Å². The highest BCUT2D eigenvalue weighted by Gasteiger charge is 2.49. The summed E-state index contributed by atoms with van der Waals surface area (Å²) in [7, 11) is 0. The van der Waals surface area contributed by atoms with Crippen molar-refractivity contribution in [3.8, 4) is 0 Å². The number of amides is 2. The average molecular weight is 368 g/mol. The van der Waals surface area contributed by atoms with Crippen molar-refractivity contribution < 1.29 is 14.4 Å². The first kappa shape index (κ1) is 17.0. The lowest BCUT2D eigenvalue weighted by Crippen LogP contribution is -2.32. The Morgan fingerprint density at radius 1 is 0.923 bits per heavy atom. The third kappa shape index (κ3) is 2.74. The molecule has 2 fully saturated rings. The molecule has 0 bridgehead atoms. The van der Waals surface area contributed by atoms with Gasteiger partial charge in [0.25, 0.3) is 0 Å². The van der Waals surface area contributed by atoms with Crippen molar-refractivity contribution in [1.82, 2.24) is 0 Å². The van der Waals surface area contributed by atoms with Crippen LogP contribution >= 0.6 is 11.6 Å². The highest BCUT2D eigenvalue weighted by molar-refractivity contribution is 6.32.